The van der Waals surface area contributed by atoms with Crippen molar-refractivity contribution in [2.75, 3.05) is 11.9 Å². The maximum atomic E-state index is 8.44. The van der Waals surface area contributed by atoms with E-state index in [9.17, 15) is 0 Å². The first-order valence-electron chi connectivity index (χ1n) is 3.48. The Labute approximate surface area is 65.6 Å². The van der Waals surface area contributed by atoms with Crippen LogP contribution in [0.25, 0.3) is 0 Å². The molecule has 56 valence electrons. The van der Waals surface area contributed by atoms with Crippen molar-refractivity contribution >= 4 is 15.9 Å². The van der Waals surface area contributed by atoms with E-state index in [1.165, 1.54) is 6.42 Å². The molecule has 9 heavy (non-hydrogen) atoms. The first-order chi connectivity index (χ1) is 4.31. The summed E-state index contributed by atoms with van der Waals surface area (Å²) >= 11 is 3.40. The first-order valence-corrected chi connectivity index (χ1v) is 4.60. The molecule has 0 aromatic carbocycles. The Morgan fingerprint density at radius 1 is 1.44 bits per heavy atom. The Hall–Kier alpha value is 0.440. The van der Waals surface area contributed by atoms with Crippen LogP contribution in [0.15, 0.2) is 0 Å². The zero-order valence-electron chi connectivity index (χ0n) is 5.94. The molecular formula is C7H15BrO. The average molecular weight is 195 g/mol. The van der Waals surface area contributed by atoms with Gasteiger partial charge >= 0.3 is 0 Å². The number of aliphatic hydroxyl groups excluding tert-OH is 1. The third-order valence-electron chi connectivity index (χ3n) is 1.37. The number of hydrogen-bond acceptors (Lipinski definition) is 1. The number of aliphatic hydroxyl groups is 1. The van der Waals surface area contributed by atoms with Crippen molar-refractivity contribution in [2.45, 2.75) is 26.2 Å². The summed E-state index contributed by atoms with van der Waals surface area (Å²) in [7, 11) is 0. The van der Waals surface area contributed by atoms with Gasteiger partial charge in [-0.2, -0.15) is 0 Å². The number of halogens is 1. The molecule has 0 heterocycles. The Kier molecular flexibility index (Phi) is 6.88. The molecular weight excluding hydrogens is 180 g/mol. The van der Waals surface area contributed by atoms with Gasteiger partial charge in [0.15, 0.2) is 0 Å². The topological polar surface area (TPSA) is 20.2 Å². The van der Waals surface area contributed by atoms with Gasteiger partial charge in [-0.05, 0) is 18.8 Å². The monoisotopic (exact) mass is 194 g/mol. The van der Waals surface area contributed by atoms with Gasteiger partial charge in [0.25, 0.3) is 0 Å². The lowest BCUT2D eigenvalue weighted by Gasteiger charge is -2.04. The zero-order chi connectivity index (χ0) is 7.11. The maximum Gasteiger partial charge on any atom is 0.0431 e. The molecule has 0 aromatic rings. The number of hydrogen-bond donors (Lipinski definition) is 1. The van der Waals surface area contributed by atoms with Crippen LogP contribution in [0.4, 0.5) is 0 Å². The minimum atomic E-state index is 0.342. The normalized spacial score (nSPS) is 13.7. The third-order valence-corrected chi connectivity index (χ3v) is 2.47. The van der Waals surface area contributed by atoms with Gasteiger partial charge in [0.05, 0.1) is 0 Å². The van der Waals surface area contributed by atoms with Gasteiger partial charge in [-0.25, -0.2) is 0 Å². The van der Waals surface area contributed by atoms with Gasteiger partial charge in [-0.1, -0.05) is 29.3 Å². The fraction of sp³-hybridized carbons (Fsp3) is 1.00. The van der Waals surface area contributed by atoms with Gasteiger partial charge in [0.2, 0.25) is 0 Å². The predicted octanol–water partition coefficient (Wildman–Crippen LogP) is 2.18. The number of rotatable bonds is 5. The summed E-state index contributed by atoms with van der Waals surface area (Å²) in [5.74, 6) is 0.761. The molecule has 0 aliphatic rings. The fourth-order valence-corrected chi connectivity index (χ4v) is 1.01. The Morgan fingerprint density at radius 2 is 2.11 bits per heavy atom. The summed E-state index contributed by atoms with van der Waals surface area (Å²) in [6.07, 6.45) is 3.34. The van der Waals surface area contributed by atoms with E-state index in [-0.39, 0.29) is 0 Å². The third kappa shape index (κ3) is 6.32. The lowest BCUT2D eigenvalue weighted by Crippen LogP contribution is -1.95. The molecule has 0 aliphatic heterocycles. The fourth-order valence-electron chi connectivity index (χ4n) is 0.682. The molecule has 0 rings (SSSR count). The van der Waals surface area contributed by atoms with Crippen LogP contribution in [0, 0.1) is 5.92 Å². The van der Waals surface area contributed by atoms with Crippen molar-refractivity contribution in [3.63, 3.8) is 0 Å². The van der Waals surface area contributed by atoms with Gasteiger partial charge in [0.1, 0.15) is 0 Å². The molecule has 0 unspecified atom stereocenters. The molecule has 0 saturated heterocycles. The molecule has 0 aliphatic carbocycles. The summed E-state index contributed by atoms with van der Waals surface area (Å²) < 4.78 is 0. The molecule has 0 bridgehead atoms. The largest absolute Gasteiger partial charge is 0.396 e. The van der Waals surface area contributed by atoms with Crippen molar-refractivity contribution in [3.05, 3.63) is 0 Å². The second-order valence-corrected chi connectivity index (χ2v) is 3.13. The van der Waals surface area contributed by atoms with Crippen LogP contribution in [-0.4, -0.2) is 17.0 Å². The van der Waals surface area contributed by atoms with E-state index >= 15 is 0 Å². The number of alkyl halides is 1. The highest BCUT2D eigenvalue weighted by atomic mass is 79.9. The van der Waals surface area contributed by atoms with E-state index in [0.29, 0.717) is 6.61 Å². The van der Waals surface area contributed by atoms with Crippen LogP contribution in [0.2, 0.25) is 0 Å². The predicted molar refractivity (Wildman–Crippen MR) is 43.9 cm³/mol. The van der Waals surface area contributed by atoms with Crippen molar-refractivity contribution < 1.29 is 5.11 Å². The summed E-state index contributed by atoms with van der Waals surface area (Å²) in [5.41, 5.74) is 0. The molecule has 0 aromatic heterocycles. The highest BCUT2D eigenvalue weighted by molar-refractivity contribution is 9.09. The Morgan fingerprint density at radius 3 is 2.56 bits per heavy atom. The zero-order valence-corrected chi connectivity index (χ0v) is 7.52. The van der Waals surface area contributed by atoms with Crippen molar-refractivity contribution in [1.82, 2.24) is 0 Å². The molecule has 1 nitrogen and oxygen atoms in total. The molecule has 0 amide bonds. The smallest absolute Gasteiger partial charge is 0.0431 e. The van der Waals surface area contributed by atoms with E-state index in [4.69, 9.17) is 5.11 Å². The molecule has 1 atom stereocenters. The quantitative estimate of drug-likeness (QED) is 0.526. The summed E-state index contributed by atoms with van der Waals surface area (Å²) in [6, 6.07) is 0. The lowest BCUT2D eigenvalue weighted by molar-refractivity contribution is 0.280. The number of unbranched alkanes of at least 4 members (excludes halogenated alkanes) is 1. The van der Waals surface area contributed by atoms with Crippen molar-refractivity contribution in [1.29, 1.82) is 0 Å². The molecule has 1 N–H and O–H groups in total. The summed E-state index contributed by atoms with van der Waals surface area (Å²) in [6.45, 7) is 2.56. The highest BCUT2D eigenvalue weighted by Crippen LogP contribution is 2.09. The van der Waals surface area contributed by atoms with Gasteiger partial charge in [0, 0.05) is 11.9 Å². The van der Waals surface area contributed by atoms with E-state index < -0.39 is 0 Å². The minimum Gasteiger partial charge on any atom is -0.396 e. The van der Waals surface area contributed by atoms with E-state index in [1.807, 2.05) is 0 Å². The minimum absolute atomic E-state index is 0.342. The summed E-state index contributed by atoms with van der Waals surface area (Å²) in [4.78, 5) is 0. The Balaban J connectivity index is 2.88. The molecule has 0 spiro atoms. The maximum absolute atomic E-state index is 8.44. The molecule has 0 saturated carbocycles. The average Bonchev–Trinajstić information content (AvgIpc) is 1.89. The van der Waals surface area contributed by atoms with Crippen LogP contribution in [0.3, 0.4) is 0 Å². The van der Waals surface area contributed by atoms with Crippen LogP contribution in [0.1, 0.15) is 26.2 Å². The van der Waals surface area contributed by atoms with Crippen LogP contribution < -0.4 is 0 Å². The van der Waals surface area contributed by atoms with Crippen LogP contribution in [0.5, 0.6) is 0 Å². The van der Waals surface area contributed by atoms with Gasteiger partial charge in [-0.15, -0.1) is 0 Å². The van der Waals surface area contributed by atoms with Crippen molar-refractivity contribution in [2.24, 2.45) is 5.92 Å². The molecule has 0 fully saturated rings. The summed E-state index contributed by atoms with van der Waals surface area (Å²) in [5, 5.41) is 9.52. The Bertz CT molecular complexity index is 56.9. The van der Waals surface area contributed by atoms with E-state index in [1.54, 1.807) is 0 Å². The molecule has 2 heteroatoms. The second-order valence-electron chi connectivity index (χ2n) is 2.48. The highest BCUT2D eigenvalue weighted by Gasteiger charge is 1.97. The van der Waals surface area contributed by atoms with Crippen LogP contribution in [-0.2, 0) is 0 Å². The van der Waals surface area contributed by atoms with Gasteiger partial charge < -0.3 is 5.11 Å². The molecule has 0 radical (unpaired) electrons. The first kappa shape index (κ1) is 9.44. The van der Waals surface area contributed by atoms with E-state index in [0.717, 1.165) is 24.1 Å². The lowest BCUT2D eigenvalue weighted by atomic mass is 10.1. The van der Waals surface area contributed by atoms with Crippen LogP contribution >= 0.6 is 15.9 Å². The SMILES string of the molecule is C[C@@H](CBr)CCCCO. The van der Waals surface area contributed by atoms with Crippen molar-refractivity contribution in [3.8, 4) is 0 Å². The van der Waals surface area contributed by atoms with Gasteiger partial charge in [-0.3, -0.25) is 0 Å². The van der Waals surface area contributed by atoms with E-state index in [2.05, 4.69) is 22.9 Å². The second kappa shape index (κ2) is 6.56. The standard InChI is InChI=1S/C7H15BrO/c1-7(6-8)4-2-3-5-9/h7,9H,2-6H2,1H3/t7-/m1/s1.